The van der Waals surface area contributed by atoms with Crippen molar-refractivity contribution in [3.05, 3.63) is 71.8 Å². The van der Waals surface area contributed by atoms with Gasteiger partial charge in [0.1, 0.15) is 5.78 Å². The maximum Gasteiger partial charge on any atom is 0.407 e. The van der Waals surface area contributed by atoms with Gasteiger partial charge in [0, 0.05) is 44.1 Å². The molecule has 1 amide bonds. The van der Waals surface area contributed by atoms with Gasteiger partial charge in [-0.3, -0.25) is 9.69 Å². The third-order valence-corrected chi connectivity index (χ3v) is 5.74. The van der Waals surface area contributed by atoms with Crippen LogP contribution in [0.25, 0.3) is 0 Å². The molecule has 5 heteroatoms. The number of ketones is 1. The second-order valence-corrected chi connectivity index (χ2v) is 8.50. The van der Waals surface area contributed by atoms with Gasteiger partial charge in [0.05, 0.1) is 0 Å². The first-order chi connectivity index (χ1) is 13.8. The van der Waals surface area contributed by atoms with Crippen molar-refractivity contribution < 1.29 is 14.7 Å². The molecule has 0 aliphatic carbocycles. The fourth-order valence-electron chi connectivity index (χ4n) is 4.17. The zero-order chi connectivity index (χ0) is 20.9. The summed E-state index contributed by atoms with van der Waals surface area (Å²) in [4.78, 5) is 28.0. The first kappa shape index (κ1) is 21.1. The van der Waals surface area contributed by atoms with E-state index in [0.29, 0.717) is 25.9 Å². The van der Waals surface area contributed by atoms with Crippen LogP contribution in [0.4, 0.5) is 4.79 Å². The number of hydrogen-bond acceptors (Lipinski definition) is 3. The summed E-state index contributed by atoms with van der Waals surface area (Å²) < 4.78 is 0. The summed E-state index contributed by atoms with van der Waals surface area (Å²) in [6.07, 6.45) is 0.0868. The van der Waals surface area contributed by atoms with Gasteiger partial charge in [-0.1, -0.05) is 60.7 Å². The summed E-state index contributed by atoms with van der Waals surface area (Å²) in [6.45, 7) is 6.31. The maximum absolute atomic E-state index is 12.9. The molecule has 2 aromatic carbocycles. The Morgan fingerprint density at radius 2 is 1.52 bits per heavy atom. The lowest BCUT2D eigenvalue weighted by molar-refractivity contribution is -0.122. The summed E-state index contributed by atoms with van der Waals surface area (Å²) >= 11 is 0. The molecule has 1 saturated heterocycles. The van der Waals surface area contributed by atoms with E-state index in [9.17, 15) is 14.7 Å². The monoisotopic (exact) mass is 394 g/mol. The molecule has 0 saturated carbocycles. The molecule has 1 atom stereocenters. The lowest BCUT2D eigenvalue weighted by Gasteiger charge is -2.28. The standard InChI is InChI=1S/C24H30N2O3/c1-24(2)15-21(18-26(24)23(28)29)22(27)13-14-25(16-19-9-5-3-6-10-19)17-20-11-7-4-8-12-20/h3-12,21H,13-18H2,1-2H3,(H,28,29). The molecule has 0 bridgehead atoms. The first-order valence-electron chi connectivity index (χ1n) is 10.2. The van der Waals surface area contributed by atoms with Crippen molar-refractivity contribution in [3.8, 4) is 0 Å². The summed E-state index contributed by atoms with van der Waals surface area (Å²) in [7, 11) is 0. The van der Waals surface area contributed by atoms with E-state index < -0.39 is 11.6 Å². The van der Waals surface area contributed by atoms with E-state index in [1.807, 2.05) is 50.2 Å². The van der Waals surface area contributed by atoms with Crippen molar-refractivity contribution in [2.24, 2.45) is 5.92 Å². The summed E-state index contributed by atoms with van der Waals surface area (Å²) in [5, 5.41) is 9.40. The minimum Gasteiger partial charge on any atom is -0.465 e. The number of carboxylic acid groups (broad SMARTS) is 1. The van der Waals surface area contributed by atoms with Crippen LogP contribution in [-0.2, 0) is 17.9 Å². The lowest BCUT2D eigenvalue weighted by Crippen LogP contribution is -2.41. The van der Waals surface area contributed by atoms with Gasteiger partial charge < -0.3 is 10.0 Å². The molecule has 2 aromatic rings. The summed E-state index contributed by atoms with van der Waals surface area (Å²) in [5.41, 5.74) is 1.95. The largest absolute Gasteiger partial charge is 0.465 e. The molecule has 1 aliphatic heterocycles. The molecule has 1 fully saturated rings. The van der Waals surface area contributed by atoms with Crippen LogP contribution in [0.1, 0.15) is 37.8 Å². The normalized spacial score (nSPS) is 18.2. The van der Waals surface area contributed by atoms with E-state index in [0.717, 1.165) is 13.1 Å². The highest BCUT2D eigenvalue weighted by molar-refractivity contribution is 5.83. The molecule has 1 unspecified atom stereocenters. The molecule has 5 nitrogen and oxygen atoms in total. The van der Waals surface area contributed by atoms with Crippen molar-refractivity contribution in [2.45, 2.75) is 45.3 Å². The maximum atomic E-state index is 12.9. The van der Waals surface area contributed by atoms with Crippen LogP contribution in [0.15, 0.2) is 60.7 Å². The van der Waals surface area contributed by atoms with E-state index in [1.54, 1.807) is 0 Å². The van der Waals surface area contributed by atoms with Gasteiger partial charge in [-0.15, -0.1) is 0 Å². The third kappa shape index (κ3) is 5.67. The van der Waals surface area contributed by atoms with E-state index in [-0.39, 0.29) is 11.7 Å². The summed E-state index contributed by atoms with van der Waals surface area (Å²) in [5.74, 6) is -0.0515. The van der Waals surface area contributed by atoms with Crippen LogP contribution in [-0.4, -0.2) is 45.4 Å². The van der Waals surface area contributed by atoms with E-state index >= 15 is 0 Å². The topological polar surface area (TPSA) is 60.9 Å². The molecular weight excluding hydrogens is 364 g/mol. The SMILES string of the molecule is CC1(C)CC(C(=O)CCN(Cc2ccccc2)Cc2ccccc2)CN1C(=O)O. The number of benzene rings is 2. The third-order valence-electron chi connectivity index (χ3n) is 5.74. The zero-order valence-electron chi connectivity index (χ0n) is 17.3. The Kier molecular flexibility index (Phi) is 6.70. The highest BCUT2D eigenvalue weighted by atomic mass is 16.4. The molecule has 3 rings (SSSR count). The van der Waals surface area contributed by atoms with Gasteiger partial charge in [0.15, 0.2) is 0 Å². The van der Waals surface area contributed by atoms with Crippen molar-refractivity contribution in [2.75, 3.05) is 13.1 Å². The molecular formula is C24H30N2O3. The van der Waals surface area contributed by atoms with Gasteiger partial charge >= 0.3 is 6.09 Å². The van der Waals surface area contributed by atoms with Crippen molar-refractivity contribution in [3.63, 3.8) is 0 Å². The lowest BCUT2D eigenvalue weighted by atomic mass is 9.92. The van der Waals surface area contributed by atoms with Crippen LogP contribution in [0.5, 0.6) is 0 Å². The number of nitrogens with zero attached hydrogens (tertiary/aromatic N) is 2. The van der Waals surface area contributed by atoms with Gasteiger partial charge in [-0.05, 0) is 31.4 Å². The molecule has 29 heavy (non-hydrogen) atoms. The highest BCUT2D eigenvalue weighted by Crippen LogP contribution is 2.33. The Hall–Kier alpha value is -2.66. The number of hydrogen-bond donors (Lipinski definition) is 1. The number of likely N-dealkylation sites (tertiary alicyclic amines) is 1. The van der Waals surface area contributed by atoms with Crippen LogP contribution in [0, 0.1) is 5.92 Å². The Morgan fingerprint density at radius 1 is 1.00 bits per heavy atom. The Morgan fingerprint density at radius 3 is 1.97 bits per heavy atom. The van der Waals surface area contributed by atoms with Gasteiger partial charge in [-0.2, -0.15) is 0 Å². The molecule has 1 N–H and O–H groups in total. The highest BCUT2D eigenvalue weighted by Gasteiger charge is 2.43. The van der Waals surface area contributed by atoms with E-state index in [1.165, 1.54) is 16.0 Å². The van der Waals surface area contributed by atoms with Crippen molar-refractivity contribution in [1.29, 1.82) is 0 Å². The quantitative estimate of drug-likeness (QED) is 0.720. The molecule has 1 aliphatic rings. The molecule has 0 aromatic heterocycles. The Labute approximate surface area is 172 Å². The second kappa shape index (κ2) is 9.23. The zero-order valence-corrected chi connectivity index (χ0v) is 17.3. The molecule has 0 spiro atoms. The molecule has 154 valence electrons. The fourth-order valence-corrected chi connectivity index (χ4v) is 4.17. The number of Topliss-reactive ketones (excluding diaryl/α,β-unsaturated/α-hetero) is 1. The second-order valence-electron chi connectivity index (χ2n) is 8.50. The smallest absolute Gasteiger partial charge is 0.407 e. The van der Waals surface area contributed by atoms with Crippen LogP contribution in [0.2, 0.25) is 0 Å². The molecule has 1 heterocycles. The molecule has 0 radical (unpaired) electrons. The van der Waals surface area contributed by atoms with E-state index in [2.05, 4.69) is 29.2 Å². The number of rotatable bonds is 8. The van der Waals surface area contributed by atoms with Crippen LogP contribution in [0.3, 0.4) is 0 Å². The van der Waals surface area contributed by atoms with Gasteiger partial charge in [0.25, 0.3) is 0 Å². The minimum absolute atomic E-state index is 0.160. The number of carbonyl (C=O) groups excluding carboxylic acids is 1. The van der Waals surface area contributed by atoms with Crippen molar-refractivity contribution >= 4 is 11.9 Å². The Balaban J connectivity index is 1.63. The average Bonchev–Trinajstić information content (AvgIpc) is 3.03. The Bertz CT molecular complexity index is 779. The van der Waals surface area contributed by atoms with Crippen molar-refractivity contribution in [1.82, 2.24) is 9.80 Å². The first-order valence-corrected chi connectivity index (χ1v) is 10.2. The van der Waals surface area contributed by atoms with Crippen LogP contribution < -0.4 is 0 Å². The summed E-state index contributed by atoms with van der Waals surface area (Å²) in [6, 6.07) is 20.5. The predicted molar refractivity (Wildman–Crippen MR) is 114 cm³/mol. The van der Waals surface area contributed by atoms with E-state index in [4.69, 9.17) is 0 Å². The van der Waals surface area contributed by atoms with Gasteiger partial charge in [-0.25, -0.2) is 4.79 Å². The number of carbonyl (C=O) groups is 2. The van der Waals surface area contributed by atoms with Gasteiger partial charge in [0.2, 0.25) is 0 Å². The minimum atomic E-state index is -0.944. The average molecular weight is 395 g/mol. The number of amides is 1. The fraction of sp³-hybridized carbons (Fsp3) is 0.417. The predicted octanol–water partition coefficient (Wildman–Crippen LogP) is 4.43. The van der Waals surface area contributed by atoms with Crippen LogP contribution >= 0.6 is 0 Å².